The van der Waals surface area contributed by atoms with Crippen molar-refractivity contribution in [2.45, 2.75) is 50.8 Å². The smallest absolute Gasteiger partial charge is 0.321 e. The average molecular weight is 411 g/mol. The minimum Gasteiger partial charge on any atom is -0.376 e. The molecule has 0 atom stereocenters. The molecule has 9 heteroatoms. The van der Waals surface area contributed by atoms with Gasteiger partial charge in [0.1, 0.15) is 0 Å². The molecule has 0 saturated carbocycles. The topological polar surface area (TPSA) is 108 Å². The Hall–Kier alpha value is -2.13. The highest BCUT2D eigenvalue weighted by Gasteiger charge is 2.27. The van der Waals surface area contributed by atoms with E-state index in [-0.39, 0.29) is 11.4 Å². The number of amides is 3. The van der Waals surface area contributed by atoms with Gasteiger partial charge in [-0.25, -0.2) is 13.2 Å². The van der Waals surface area contributed by atoms with Gasteiger partial charge in [-0.2, -0.15) is 4.31 Å². The second kappa shape index (κ2) is 10.4. The molecule has 8 nitrogen and oxygen atoms in total. The van der Waals surface area contributed by atoms with Crippen molar-refractivity contribution in [3.8, 4) is 0 Å². The predicted molar refractivity (Wildman–Crippen MR) is 109 cm³/mol. The van der Waals surface area contributed by atoms with E-state index in [9.17, 15) is 18.0 Å². The average Bonchev–Trinajstić information content (AvgIpc) is 2.68. The van der Waals surface area contributed by atoms with Crippen LogP contribution in [-0.2, 0) is 14.8 Å². The van der Waals surface area contributed by atoms with Gasteiger partial charge in [-0.15, -0.1) is 0 Å². The molecule has 1 aromatic carbocycles. The summed E-state index contributed by atoms with van der Waals surface area (Å²) in [4.78, 5) is 23.7. The maximum Gasteiger partial charge on any atom is 0.321 e. The molecular weight excluding hydrogens is 380 g/mol. The lowest BCUT2D eigenvalue weighted by atomic mass is 10.2. The summed E-state index contributed by atoms with van der Waals surface area (Å²) in [6, 6.07) is 4.46. The summed E-state index contributed by atoms with van der Waals surface area (Å²) in [7, 11) is -3.56. The molecule has 3 amide bonds. The molecule has 28 heavy (non-hydrogen) atoms. The van der Waals surface area contributed by atoms with Gasteiger partial charge in [0.25, 0.3) is 0 Å². The van der Waals surface area contributed by atoms with E-state index < -0.39 is 22.0 Å². The van der Waals surface area contributed by atoms with Crippen LogP contribution in [0.3, 0.4) is 0 Å². The Bertz CT molecular complexity index is 789. The van der Waals surface area contributed by atoms with E-state index in [0.717, 1.165) is 32.1 Å². The zero-order valence-electron chi connectivity index (χ0n) is 16.6. The number of anilines is 1. The summed E-state index contributed by atoms with van der Waals surface area (Å²) in [6.45, 7) is 5.22. The SMILES string of the molecule is CCCCNC(=O)NC(=O)CNc1ccc(C)c(S(=O)(=O)N2CCCCC2)c1. The van der Waals surface area contributed by atoms with Crippen molar-refractivity contribution in [1.29, 1.82) is 0 Å². The number of nitrogens with zero attached hydrogens (tertiary/aromatic N) is 1. The van der Waals surface area contributed by atoms with Crippen LogP contribution in [0.2, 0.25) is 0 Å². The molecule has 0 spiro atoms. The number of aryl methyl sites for hydroxylation is 1. The Labute approximate surface area is 167 Å². The minimum atomic E-state index is -3.56. The summed E-state index contributed by atoms with van der Waals surface area (Å²) in [5.74, 6) is -0.491. The third kappa shape index (κ3) is 6.20. The fraction of sp³-hybridized carbons (Fsp3) is 0.579. The molecule has 1 aliphatic heterocycles. The van der Waals surface area contributed by atoms with Gasteiger partial charge in [0, 0.05) is 25.3 Å². The first-order valence-electron chi connectivity index (χ1n) is 9.77. The van der Waals surface area contributed by atoms with E-state index >= 15 is 0 Å². The van der Waals surface area contributed by atoms with Crippen LogP contribution in [0.25, 0.3) is 0 Å². The van der Waals surface area contributed by atoms with Gasteiger partial charge in [-0.1, -0.05) is 25.8 Å². The number of rotatable bonds is 8. The first kappa shape index (κ1) is 22.2. The van der Waals surface area contributed by atoms with Crippen molar-refractivity contribution in [2.75, 3.05) is 31.5 Å². The van der Waals surface area contributed by atoms with Gasteiger partial charge in [0.15, 0.2) is 0 Å². The first-order valence-corrected chi connectivity index (χ1v) is 11.2. The van der Waals surface area contributed by atoms with Gasteiger partial charge in [-0.05, 0) is 43.9 Å². The molecule has 1 heterocycles. The number of carbonyl (C=O) groups is 2. The Kier molecular flexibility index (Phi) is 8.25. The Morgan fingerprint density at radius 2 is 1.86 bits per heavy atom. The van der Waals surface area contributed by atoms with Crippen molar-refractivity contribution < 1.29 is 18.0 Å². The second-order valence-electron chi connectivity index (χ2n) is 6.96. The predicted octanol–water partition coefficient (Wildman–Crippen LogP) is 2.21. The van der Waals surface area contributed by atoms with Crippen molar-refractivity contribution >= 4 is 27.6 Å². The first-order chi connectivity index (χ1) is 13.3. The second-order valence-corrected chi connectivity index (χ2v) is 8.86. The van der Waals surface area contributed by atoms with E-state index in [1.165, 1.54) is 4.31 Å². The quantitative estimate of drug-likeness (QED) is 0.570. The van der Waals surface area contributed by atoms with Crippen LogP contribution < -0.4 is 16.0 Å². The van der Waals surface area contributed by atoms with E-state index in [0.29, 0.717) is 30.9 Å². The number of hydrogen-bond acceptors (Lipinski definition) is 5. The van der Waals surface area contributed by atoms with Crippen LogP contribution >= 0.6 is 0 Å². The van der Waals surface area contributed by atoms with Crippen LogP contribution in [0.1, 0.15) is 44.6 Å². The van der Waals surface area contributed by atoms with Crippen molar-refractivity contribution in [3.05, 3.63) is 23.8 Å². The van der Waals surface area contributed by atoms with Crippen LogP contribution in [-0.4, -0.2) is 50.8 Å². The fourth-order valence-electron chi connectivity index (χ4n) is 3.01. The number of imide groups is 1. The summed E-state index contributed by atoms with van der Waals surface area (Å²) < 4.78 is 27.4. The molecule has 0 bridgehead atoms. The Balaban J connectivity index is 1.97. The van der Waals surface area contributed by atoms with E-state index in [1.54, 1.807) is 25.1 Å². The minimum absolute atomic E-state index is 0.131. The van der Waals surface area contributed by atoms with Crippen LogP contribution in [0, 0.1) is 6.92 Å². The van der Waals surface area contributed by atoms with Crippen LogP contribution in [0.5, 0.6) is 0 Å². The Morgan fingerprint density at radius 1 is 1.14 bits per heavy atom. The molecule has 1 fully saturated rings. The number of sulfonamides is 1. The zero-order valence-corrected chi connectivity index (χ0v) is 17.4. The maximum absolute atomic E-state index is 12.9. The van der Waals surface area contributed by atoms with E-state index in [2.05, 4.69) is 16.0 Å². The molecule has 156 valence electrons. The third-order valence-electron chi connectivity index (χ3n) is 4.64. The molecule has 3 N–H and O–H groups in total. The number of hydrogen-bond donors (Lipinski definition) is 3. The highest BCUT2D eigenvalue weighted by molar-refractivity contribution is 7.89. The monoisotopic (exact) mass is 410 g/mol. The van der Waals surface area contributed by atoms with Gasteiger partial charge in [0.05, 0.1) is 11.4 Å². The van der Waals surface area contributed by atoms with Gasteiger partial charge in [-0.3, -0.25) is 10.1 Å². The summed E-state index contributed by atoms with van der Waals surface area (Å²) >= 11 is 0. The lowest BCUT2D eigenvalue weighted by molar-refractivity contribution is -0.118. The molecule has 1 saturated heterocycles. The van der Waals surface area contributed by atoms with Crippen molar-refractivity contribution in [1.82, 2.24) is 14.9 Å². The number of benzene rings is 1. The molecule has 0 unspecified atom stereocenters. The standard InChI is InChI=1S/C19H30N4O4S/c1-3-4-10-20-19(25)22-18(24)14-21-16-9-8-15(2)17(13-16)28(26,27)23-11-6-5-7-12-23/h8-9,13,21H,3-7,10-12,14H2,1-2H3,(H2,20,22,24,25). The zero-order chi connectivity index (χ0) is 20.6. The maximum atomic E-state index is 12.9. The molecule has 0 aliphatic carbocycles. The number of nitrogens with one attached hydrogen (secondary N) is 3. The van der Waals surface area contributed by atoms with E-state index in [4.69, 9.17) is 0 Å². The summed E-state index contributed by atoms with van der Waals surface area (Å²) in [6.07, 6.45) is 4.59. The van der Waals surface area contributed by atoms with Crippen molar-refractivity contribution in [2.24, 2.45) is 0 Å². The summed E-state index contributed by atoms with van der Waals surface area (Å²) in [5.41, 5.74) is 1.18. The number of urea groups is 1. The van der Waals surface area contributed by atoms with Gasteiger partial charge < -0.3 is 10.6 Å². The molecule has 0 radical (unpaired) electrons. The number of unbranched alkanes of at least 4 members (excludes halogenated alkanes) is 1. The van der Waals surface area contributed by atoms with Crippen LogP contribution in [0.15, 0.2) is 23.1 Å². The van der Waals surface area contributed by atoms with Gasteiger partial charge >= 0.3 is 6.03 Å². The normalized spacial score (nSPS) is 15.1. The largest absolute Gasteiger partial charge is 0.376 e. The number of piperidine rings is 1. The lowest BCUT2D eigenvalue weighted by Crippen LogP contribution is -2.42. The Morgan fingerprint density at radius 3 is 2.54 bits per heavy atom. The van der Waals surface area contributed by atoms with Crippen LogP contribution in [0.4, 0.5) is 10.5 Å². The highest BCUT2D eigenvalue weighted by Crippen LogP contribution is 2.25. The summed E-state index contributed by atoms with van der Waals surface area (Å²) in [5, 5.41) is 7.73. The molecular formula is C19H30N4O4S. The number of carbonyl (C=O) groups excluding carboxylic acids is 2. The molecule has 2 rings (SSSR count). The lowest BCUT2D eigenvalue weighted by Gasteiger charge is -2.26. The third-order valence-corrected chi connectivity index (χ3v) is 6.68. The van der Waals surface area contributed by atoms with Gasteiger partial charge in [0.2, 0.25) is 15.9 Å². The molecule has 1 aliphatic rings. The van der Waals surface area contributed by atoms with E-state index in [1.807, 2.05) is 6.92 Å². The highest BCUT2D eigenvalue weighted by atomic mass is 32.2. The fourth-order valence-corrected chi connectivity index (χ4v) is 4.78. The molecule has 1 aromatic rings. The van der Waals surface area contributed by atoms with Crippen molar-refractivity contribution in [3.63, 3.8) is 0 Å². The molecule has 0 aromatic heterocycles.